The van der Waals surface area contributed by atoms with Gasteiger partial charge in [0.15, 0.2) is 5.78 Å². The molecule has 0 aromatic carbocycles. The summed E-state index contributed by atoms with van der Waals surface area (Å²) in [4.78, 5) is 22.7. The SMILES string of the molecule is C/C=C/C(O)C(C)C(O)C/C(O)=C1/C(=O)CNC1=O. The summed E-state index contributed by atoms with van der Waals surface area (Å²) in [5.74, 6) is -2.08. The number of nitrogens with one attached hydrogen (secondary N) is 1. The summed E-state index contributed by atoms with van der Waals surface area (Å²) in [6.45, 7) is 3.22. The largest absolute Gasteiger partial charge is 0.511 e. The van der Waals surface area contributed by atoms with Crippen molar-refractivity contribution in [2.24, 2.45) is 5.92 Å². The van der Waals surface area contributed by atoms with Crippen molar-refractivity contribution < 1.29 is 24.9 Å². The Morgan fingerprint density at radius 2 is 2.05 bits per heavy atom. The maximum absolute atomic E-state index is 11.4. The highest BCUT2D eigenvalue weighted by molar-refractivity contribution is 6.25. The average Bonchev–Trinajstić information content (AvgIpc) is 2.68. The Balaban J connectivity index is 2.76. The predicted octanol–water partition coefficient (Wildman–Crippen LogP) is -0.178. The summed E-state index contributed by atoms with van der Waals surface area (Å²) in [7, 11) is 0. The third-order valence-electron chi connectivity index (χ3n) is 3.14. The molecule has 0 spiro atoms. The molecule has 1 rings (SSSR count). The molecule has 1 saturated heterocycles. The highest BCUT2D eigenvalue weighted by Gasteiger charge is 2.31. The molecule has 19 heavy (non-hydrogen) atoms. The Labute approximate surface area is 111 Å². The molecule has 0 aliphatic carbocycles. The van der Waals surface area contributed by atoms with Crippen LogP contribution in [0.4, 0.5) is 0 Å². The van der Waals surface area contributed by atoms with Crippen molar-refractivity contribution in [3.05, 3.63) is 23.5 Å². The van der Waals surface area contributed by atoms with E-state index in [-0.39, 0.29) is 18.5 Å². The second kappa shape index (κ2) is 6.49. The highest BCUT2D eigenvalue weighted by Crippen LogP contribution is 2.19. The van der Waals surface area contributed by atoms with Crippen LogP contribution in [-0.2, 0) is 9.59 Å². The molecule has 1 aliphatic rings. The minimum absolute atomic E-state index is 0.134. The fourth-order valence-corrected chi connectivity index (χ4v) is 1.84. The van der Waals surface area contributed by atoms with Gasteiger partial charge in [0.1, 0.15) is 11.3 Å². The number of aliphatic hydroxyl groups excluding tert-OH is 3. The van der Waals surface area contributed by atoms with Gasteiger partial charge in [-0.15, -0.1) is 0 Å². The fourth-order valence-electron chi connectivity index (χ4n) is 1.84. The smallest absolute Gasteiger partial charge is 0.258 e. The van der Waals surface area contributed by atoms with E-state index in [2.05, 4.69) is 5.32 Å². The van der Waals surface area contributed by atoms with E-state index < -0.39 is 35.6 Å². The number of ketones is 1. The van der Waals surface area contributed by atoms with Gasteiger partial charge in [-0.2, -0.15) is 0 Å². The number of hydrogen-bond donors (Lipinski definition) is 4. The number of Topliss-reactive ketones (excluding diaryl/α,β-unsaturated/α-hetero) is 1. The summed E-state index contributed by atoms with van der Waals surface area (Å²) < 4.78 is 0. The molecule has 6 heteroatoms. The lowest BCUT2D eigenvalue weighted by molar-refractivity contribution is -0.117. The van der Waals surface area contributed by atoms with E-state index in [1.807, 2.05) is 0 Å². The van der Waals surface area contributed by atoms with Gasteiger partial charge in [-0.3, -0.25) is 9.59 Å². The Kier molecular flexibility index (Phi) is 5.26. The van der Waals surface area contributed by atoms with Gasteiger partial charge in [0.2, 0.25) is 0 Å². The summed E-state index contributed by atoms with van der Waals surface area (Å²) in [6, 6.07) is 0. The molecule has 0 bridgehead atoms. The first-order valence-electron chi connectivity index (χ1n) is 6.11. The van der Waals surface area contributed by atoms with Gasteiger partial charge in [-0.25, -0.2) is 0 Å². The monoisotopic (exact) mass is 269 g/mol. The van der Waals surface area contributed by atoms with Crippen LogP contribution >= 0.6 is 0 Å². The third-order valence-corrected chi connectivity index (χ3v) is 3.14. The summed E-state index contributed by atoms with van der Waals surface area (Å²) in [6.07, 6.45) is 1.02. The van der Waals surface area contributed by atoms with Gasteiger partial charge < -0.3 is 20.6 Å². The van der Waals surface area contributed by atoms with Crippen molar-refractivity contribution in [3.8, 4) is 0 Å². The van der Waals surface area contributed by atoms with Crippen LogP contribution < -0.4 is 5.32 Å². The molecule has 106 valence electrons. The van der Waals surface area contributed by atoms with Crippen molar-refractivity contribution in [2.75, 3.05) is 6.54 Å². The molecule has 4 N–H and O–H groups in total. The average molecular weight is 269 g/mol. The first kappa shape index (κ1) is 15.4. The number of amides is 1. The van der Waals surface area contributed by atoms with Gasteiger partial charge in [-0.05, 0) is 6.92 Å². The summed E-state index contributed by atoms with van der Waals surface area (Å²) >= 11 is 0. The summed E-state index contributed by atoms with van der Waals surface area (Å²) in [5.41, 5.74) is -0.299. The molecule has 0 aromatic rings. The lowest BCUT2D eigenvalue weighted by Crippen LogP contribution is -2.29. The highest BCUT2D eigenvalue weighted by atomic mass is 16.3. The van der Waals surface area contributed by atoms with Crippen molar-refractivity contribution >= 4 is 11.7 Å². The predicted molar refractivity (Wildman–Crippen MR) is 68.3 cm³/mol. The molecular weight excluding hydrogens is 250 g/mol. The van der Waals surface area contributed by atoms with Crippen LogP contribution in [0, 0.1) is 5.92 Å². The van der Waals surface area contributed by atoms with E-state index in [1.54, 1.807) is 19.9 Å². The molecule has 3 atom stereocenters. The van der Waals surface area contributed by atoms with Crippen LogP contribution in [0.15, 0.2) is 23.5 Å². The molecule has 0 aromatic heterocycles. The topological polar surface area (TPSA) is 107 Å². The first-order valence-corrected chi connectivity index (χ1v) is 6.11. The van der Waals surface area contributed by atoms with Crippen molar-refractivity contribution in [1.82, 2.24) is 5.32 Å². The molecular formula is C13H19NO5. The van der Waals surface area contributed by atoms with Crippen LogP contribution in [-0.4, -0.2) is 45.8 Å². The number of carbonyl (C=O) groups excluding carboxylic acids is 2. The molecule has 0 saturated carbocycles. The molecule has 1 aliphatic heterocycles. The molecule has 1 fully saturated rings. The standard InChI is InChI=1S/C13H19NO5/c1-3-4-8(15)7(2)9(16)5-10(17)12-11(18)6-14-13(12)19/h3-4,7-9,15-17H,5-6H2,1-2H3,(H,14,19)/b4-3+,12-10+. The van der Waals surface area contributed by atoms with Gasteiger partial charge >= 0.3 is 0 Å². The zero-order valence-corrected chi connectivity index (χ0v) is 11.0. The third kappa shape index (κ3) is 3.65. The second-order valence-electron chi connectivity index (χ2n) is 4.57. The number of rotatable bonds is 5. The number of allylic oxidation sites excluding steroid dienone is 1. The van der Waals surface area contributed by atoms with Crippen LogP contribution in [0.3, 0.4) is 0 Å². The van der Waals surface area contributed by atoms with Crippen LogP contribution in [0.2, 0.25) is 0 Å². The van der Waals surface area contributed by atoms with E-state index in [1.165, 1.54) is 6.08 Å². The van der Waals surface area contributed by atoms with Crippen LogP contribution in [0.25, 0.3) is 0 Å². The minimum atomic E-state index is -1.06. The zero-order chi connectivity index (χ0) is 14.6. The summed E-state index contributed by atoms with van der Waals surface area (Å²) in [5, 5.41) is 31.6. The van der Waals surface area contributed by atoms with E-state index in [0.29, 0.717) is 0 Å². The van der Waals surface area contributed by atoms with Gasteiger partial charge in [0.25, 0.3) is 5.91 Å². The number of carbonyl (C=O) groups is 2. The second-order valence-corrected chi connectivity index (χ2v) is 4.57. The quantitative estimate of drug-likeness (QED) is 0.240. The van der Waals surface area contributed by atoms with Gasteiger partial charge in [0, 0.05) is 12.3 Å². The first-order chi connectivity index (χ1) is 8.88. The lowest BCUT2D eigenvalue weighted by atomic mass is 9.93. The molecule has 1 heterocycles. The van der Waals surface area contributed by atoms with Crippen molar-refractivity contribution in [1.29, 1.82) is 0 Å². The maximum atomic E-state index is 11.4. The van der Waals surface area contributed by atoms with Gasteiger partial charge in [-0.1, -0.05) is 19.1 Å². The van der Waals surface area contributed by atoms with E-state index in [0.717, 1.165) is 0 Å². The minimum Gasteiger partial charge on any atom is -0.511 e. The molecule has 1 amide bonds. The van der Waals surface area contributed by atoms with Crippen molar-refractivity contribution in [3.63, 3.8) is 0 Å². The van der Waals surface area contributed by atoms with Crippen LogP contribution in [0.1, 0.15) is 20.3 Å². The lowest BCUT2D eigenvalue weighted by Gasteiger charge is -2.21. The van der Waals surface area contributed by atoms with E-state index in [4.69, 9.17) is 0 Å². The Bertz CT molecular complexity index is 409. The van der Waals surface area contributed by atoms with Crippen molar-refractivity contribution in [2.45, 2.75) is 32.5 Å². The number of hydrogen-bond acceptors (Lipinski definition) is 5. The van der Waals surface area contributed by atoms with Crippen LogP contribution in [0.5, 0.6) is 0 Å². The normalized spacial score (nSPS) is 23.4. The Morgan fingerprint density at radius 3 is 2.53 bits per heavy atom. The maximum Gasteiger partial charge on any atom is 0.258 e. The van der Waals surface area contributed by atoms with E-state index >= 15 is 0 Å². The van der Waals surface area contributed by atoms with Gasteiger partial charge in [0.05, 0.1) is 18.8 Å². The Morgan fingerprint density at radius 1 is 1.42 bits per heavy atom. The molecule has 6 nitrogen and oxygen atoms in total. The van der Waals surface area contributed by atoms with E-state index in [9.17, 15) is 24.9 Å². The molecule has 0 radical (unpaired) electrons. The fraction of sp³-hybridized carbons (Fsp3) is 0.538. The number of aliphatic hydroxyl groups is 3. The zero-order valence-electron chi connectivity index (χ0n) is 11.0. The Hall–Kier alpha value is -1.66. The molecule has 3 unspecified atom stereocenters.